The van der Waals surface area contributed by atoms with Crippen LogP contribution in [0.15, 0.2) is 28.8 Å². The van der Waals surface area contributed by atoms with Gasteiger partial charge in [-0.2, -0.15) is 4.98 Å². The highest BCUT2D eigenvalue weighted by Crippen LogP contribution is 2.10. The number of anilines is 1. The van der Waals surface area contributed by atoms with E-state index in [1.807, 2.05) is 24.3 Å². The lowest BCUT2D eigenvalue weighted by molar-refractivity contribution is 0.251. The van der Waals surface area contributed by atoms with Crippen molar-refractivity contribution in [1.82, 2.24) is 20.4 Å². The summed E-state index contributed by atoms with van der Waals surface area (Å²) >= 11 is 0. The van der Waals surface area contributed by atoms with Gasteiger partial charge in [0.15, 0.2) is 5.82 Å². The third-order valence-electron chi connectivity index (χ3n) is 3.80. The Kier molecular flexibility index (Phi) is 6.74. The third-order valence-corrected chi connectivity index (χ3v) is 3.80. The van der Waals surface area contributed by atoms with Crippen LogP contribution in [0.5, 0.6) is 0 Å². The van der Waals surface area contributed by atoms with Gasteiger partial charge in [0, 0.05) is 19.2 Å². The number of aryl methyl sites for hydroxylation is 1. The van der Waals surface area contributed by atoms with Gasteiger partial charge in [0.05, 0.1) is 6.54 Å². The zero-order valence-corrected chi connectivity index (χ0v) is 14.5. The highest BCUT2D eigenvalue weighted by molar-refractivity contribution is 5.89. The zero-order valence-electron chi connectivity index (χ0n) is 14.5. The molecule has 0 saturated heterocycles. The Morgan fingerprint density at radius 2 is 1.92 bits per heavy atom. The maximum Gasteiger partial charge on any atom is 0.319 e. The number of rotatable bonds is 8. The largest absolute Gasteiger partial charge is 0.340 e. The van der Waals surface area contributed by atoms with Gasteiger partial charge in [0.1, 0.15) is 0 Å². The van der Waals surface area contributed by atoms with Gasteiger partial charge in [0.2, 0.25) is 5.89 Å². The zero-order chi connectivity index (χ0) is 17.4. The molecule has 0 atom stereocenters. The Labute approximate surface area is 142 Å². The van der Waals surface area contributed by atoms with Crippen molar-refractivity contribution >= 4 is 11.7 Å². The van der Waals surface area contributed by atoms with Gasteiger partial charge in [-0.1, -0.05) is 31.1 Å². The fourth-order valence-corrected chi connectivity index (χ4v) is 2.33. The fourth-order valence-electron chi connectivity index (χ4n) is 2.33. The Morgan fingerprint density at radius 1 is 1.21 bits per heavy atom. The average Bonchev–Trinajstić information content (AvgIpc) is 3.01. The number of nitrogens with one attached hydrogen (secondary N) is 2. The van der Waals surface area contributed by atoms with Crippen LogP contribution in [0.4, 0.5) is 10.5 Å². The lowest BCUT2D eigenvalue weighted by Crippen LogP contribution is -2.28. The first-order valence-corrected chi connectivity index (χ1v) is 8.26. The molecule has 0 bridgehead atoms. The number of nitrogens with zero attached hydrogens (tertiary/aromatic N) is 3. The molecule has 0 aliphatic rings. The smallest absolute Gasteiger partial charge is 0.319 e. The molecule has 0 radical (unpaired) electrons. The summed E-state index contributed by atoms with van der Waals surface area (Å²) in [4.78, 5) is 18.3. The van der Waals surface area contributed by atoms with E-state index in [0.717, 1.165) is 31.7 Å². The first kappa shape index (κ1) is 17.9. The SMILES string of the molecule is CCN(CC)CCc1ccc(NC(=O)NCc2noc(C)n2)cc1. The Balaban J connectivity index is 1.77. The standard InChI is InChI=1S/C17H25N5O2/c1-4-22(5-2)11-10-14-6-8-15(9-7-14)20-17(23)18-12-16-19-13(3)24-21-16/h6-9H,4-5,10-12H2,1-3H3,(H2,18,20,23). The van der Waals surface area contributed by atoms with Gasteiger partial charge >= 0.3 is 6.03 Å². The number of amides is 2. The number of urea groups is 1. The van der Waals surface area contributed by atoms with Crippen LogP contribution in [0.25, 0.3) is 0 Å². The molecule has 130 valence electrons. The van der Waals surface area contributed by atoms with E-state index >= 15 is 0 Å². The molecule has 0 unspecified atom stereocenters. The molecule has 0 spiro atoms. The van der Waals surface area contributed by atoms with E-state index in [-0.39, 0.29) is 12.6 Å². The number of hydrogen-bond acceptors (Lipinski definition) is 5. The van der Waals surface area contributed by atoms with E-state index in [1.165, 1.54) is 5.56 Å². The lowest BCUT2D eigenvalue weighted by Gasteiger charge is -2.17. The Hall–Kier alpha value is -2.41. The second kappa shape index (κ2) is 9.02. The molecule has 24 heavy (non-hydrogen) atoms. The van der Waals surface area contributed by atoms with Crippen LogP contribution < -0.4 is 10.6 Å². The summed E-state index contributed by atoms with van der Waals surface area (Å²) in [6.45, 7) is 9.45. The van der Waals surface area contributed by atoms with Crippen molar-refractivity contribution in [3.05, 3.63) is 41.5 Å². The molecule has 2 rings (SSSR count). The van der Waals surface area contributed by atoms with E-state index in [1.54, 1.807) is 6.92 Å². The lowest BCUT2D eigenvalue weighted by atomic mass is 10.1. The van der Waals surface area contributed by atoms with Gasteiger partial charge in [-0.25, -0.2) is 4.79 Å². The average molecular weight is 331 g/mol. The number of benzene rings is 1. The molecule has 0 saturated carbocycles. The molecule has 1 heterocycles. The fraction of sp³-hybridized carbons (Fsp3) is 0.471. The topological polar surface area (TPSA) is 83.3 Å². The van der Waals surface area contributed by atoms with Crippen molar-refractivity contribution in [3.63, 3.8) is 0 Å². The van der Waals surface area contributed by atoms with Crippen LogP contribution >= 0.6 is 0 Å². The van der Waals surface area contributed by atoms with Crippen molar-refractivity contribution in [2.75, 3.05) is 25.0 Å². The summed E-state index contributed by atoms with van der Waals surface area (Å²) in [6.07, 6.45) is 1.01. The normalized spacial score (nSPS) is 10.8. The number of aromatic nitrogens is 2. The second-order valence-corrected chi connectivity index (χ2v) is 5.51. The van der Waals surface area contributed by atoms with Gasteiger partial charge in [-0.05, 0) is 37.2 Å². The summed E-state index contributed by atoms with van der Waals surface area (Å²) in [5.41, 5.74) is 2.01. The summed E-state index contributed by atoms with van der Waals surface area (Å²) < 4.78 is 4.85. The minimum absolute atomic E-state index is 0.227. The summed E-state index contributed by atoms with van der Waals surface area (Å²) in [6, 6.07) is 7.61. The Bertz CT molecular complexity index is 635. The van der Waals surface area contributed by atoms with Crippen molar-refractivity contribution in [2.24, 2.45) is 0 Å². The predicted octanol–water partition coefficient (Wildman–Crippen LogP) is 2.58. The quantitative estimate of drug-likeness (QED) is 0.777. The monoisotopic (exact) mass is 331 g/mol. The highest BCUT2D eigenvalue weighted by Gasteiger charge is 2.06. The van der Waals surface area contributed by atoms with Crippen molar-refractivity contribution in [2.45, 2.75) is 33.7 Å². The number of likely N-dealkylation sites (N-methyl/N-ethyl adjacent to an activating group) is 1. The van der Waals surface area contributed by atoms with E-state index in [9.17, 15) is 4.79 Å². The maximum atomic E-state index is 11.9. The van der Waals surface area contributed by atoms with Gasteiger partial charge in [0.25, 0.3) is 0 Å². The van der Waals surface area contributed by atoms with Crippen LogP contribution in [0.1, 0.15) is 31.1 Å². The second-order valence-electron chi connectivity index (χ2n) is 5.51. The van der Waals surface area contributed by atoms with Crippen LogP contribution in [0.3, 0.4) is 0 Å². The molecule has 0 aliphatic heterocycles. The molecule has 2 N–H and O–H groups in total. The van der Waals surface area contributed by atoms with E-state index < -0.39 is 0 Å². The molecular weight excluding hydrogens is 306 g/mol. The van der Waals surface area contributed by atoms with Crippen molar-refractivity contribution in [3.8, 4) is 0 Å². The van der Waals surface area contributed by atoms with Crippen molar-refractivity contribution < 1.29 is 9.32 Å². The van der Waals surface area contributed by atoms with E-state index in [0.29, 0.717) is 11.7 Å². The molecule has 2 amide bonds. The van der Waals surface area contributed by atoms with Crippen molar-refractivity contribution in [1.29, 1.82) is 0 Å². The Morgan fingerprint density at radius 3 is 2.50 bits per heavy atom. The molecule has 0 fully saturated rings. The van der Waals surface area contributed by atoms with Gasteiger partial charge in [-0.3, -0.25) is 0 Å². The predicted molar refractivity (Wildman–Crippen MR) is 92.8 cm³/mol. The molecule has 1 aromatic heterocycles. The highest BCUT2D eigenvalue weighted by atomic mass is 16.5. The molecule has 1 aromatic carbocycles. The minimum atomic E-state index is -0.298. The maximum absolute atomic E-state index is 11.9. The van der Waals surface area contributed by atoms with Gasteiger partial charge in [-0.15, -0.1) is 0 Å². The van der Waals surface area contributed by atoms with Crippen LogP contribution in [0, 0.1) is 6.92 Å². The number of carbonyl (C=O) groups excluding carboxylic acids is 1. The van der Waals surface area contributed by atoms with Crippen LogP contribution in [-0.2, 0) is 13.0 Å². The number of hydrogen-bond donors (Lipinski definition) is 2. The molecule has 2 aromatic rings. The van der Waals surface area contributed by atoms with E-state index in [4.69, 9.17) is 4.52 Å². The minimum Gasteiger partial charge on any atom is -0.340 e. The van der Waals surface area contributed by atoms with Gasteiger partial charge < -0.3 is 20.1 Å². The summed E-state index contributed by atoms with van der Waals surface area (Å²) in [7, 11) is 0. The first-order valence-electron chi connectivity index (χ1n) is 8.26. The molecular formula is C17H25N5O2. The first-order chi connectivity index (χ1) is 11.6. The number of carbonyl (C=O) groups is 1. The molecule has 7 nitrogen and oxygen atoms in total. The summed E-state index contributed by atoms with van der Waals surface area (Å²) in [5.74, 6) is 0.932. The summed E-state index contributed by atoms with van der Waals surface area (Å²) in [5, 5.41) is 9.20. The molecule has 0 aliphatic carbocycles. The van der Waals surface area contributed by atoms with Crippen LogP contribution in [0.2, 0.25) is 0 Å². The van der Waals surface area contributed by atoms with E-state index in [2.05, 4.69) is 39.5 Å². The molecule has 7 heteroatoms. The van der Waals surface area contributed by atoms with Crippen LogP contribution in [-0.4, -0.2) is 40.7 Å². The third kappa shape index (κ3) is 5.66.